The lowest BCUT2D eigenvalue weighted by molar-refractivity contribution is 0.456. The van der Waals surface area contributed by atoms with Crippen LogP contribution < -0.4 is 4.74 Å². The minimum absolute atomic E-state index is 0.254. The zero-order valence-electron chi connectivity index (χ0n) is 8.39. The van der Waals surface area contributed by atoms with Crippen LogP contribution in [0.3, 0.4) is 0 Å². The van der Waals surface area contributed by atoms with Gasteiger partial charge in [0.1, 0.15) is 22.6 Å². The number of ether oxygens (including phenoxy) is 1. The van der Waals surface area contributed by atoms with E-state index in [1.54, 1.807) is 24.3 Å². The summed E-state index contributed by atoms with van der Waals surface area (Å²) in [6.07, 6.45) is 1.29. The van der Waals surface area contributed by atoms with E-state index in [1.807, 2.05) is 6.07 Å². The lowest BCUT2D eigenvalue weighted by atomic mass is 10.2. The standard InChI is InChI=1S/C11H5BrClN3O/c12-9-10(13)15-6-16-11(9)17-8-4-2-1-3-7(8)5-14/h1-4,6H. The zero-order chi connectivity index (χ0) is 12.3. The average molecular weight is 311 g/mol. The van der Waals surface area contributed by atoms with Crippen molar-refractivity contribution in [2.45, 2.75) is 0 Å². The summed E-state index contributed by atoms with van der Waals surface area (Å²) >= 11 is 9.03. The van der Waals surface area contributed by atoms with E-state index in [0.717, 1.165) is 0 Å². The van der Waals surface area contributed by atoms with Gasteiger partial charge in [-0.3, -0.25) is 0 Å². The number of para-hydroxylation sites is 1. The summed E-state index contributed by atoms with van der Waals surface area (Å²) in [5, 5.41) is 9.17. The number of benzene rings is 1. The van der Waals surface area contributed by atoms with Crippen molar-refractivity contribution in [3.63, 3.8) is 0 Å². The normalized spacial score (nSPS) is 9.71. The number of rotatable bonds is 2. The van der Waals surface area contributed by atoms with Crippen molar-refractivity contribution in [1.82, 2.24) is 9.97 Å². The monoisotopic (exact) mass is 309 g/mol. The summed E-state index contributed by atoms with van der Waals surface area (Å²) in [5.41, 5.74) is 0.425. The third-order valence-corrected chi connectivity index (χ3v) is 3.16. The minimum Gasteiger partial charge on any atom is -0.436 e. The van der Waals surface area contributed by atoms with Gasteiger partial charge in [-0.05, 0) is 28.1 Å². The van der Waals surface area contributed by atoms with E-state index in [-0.39, 0.29) is 11.0 Å². The Morgan fingerprint density at radius 1 is 1.29 bits per heavy atom. The first-order chi connectivity index (χ1) is 8.22. The molecule has 1 aromatic heterocycles. The van der Waals surface area contributed by atoms with Crippen molar-refractivity contribution < 1.29 is 4.74 Å². The second-order valence-electron chi connectivity index (χ2n) is 2.99. The molecule has 0 amide bonds. The number of hydrogen-bond acceptors (Lipinski definition) is 4. The fraction of sp³-hybridized carbons (Fsp3) is 0. The van der Waals surface area contributed by atoms with Crippen LogP contribution in [-0.4, -0.2) is 9.97 Å². The molecule has 0 spiro atoms. The van der Waals surface area contributed by atoms with Crippen molar-refractivity contribution in [1.29, 1.82) is 5.26 Å². The van der Waals surface area contributed by atoms with Gasteiger partial charge in [0.25, 0.3) is 0 Å². The van der Waals surface area contributed by atoms with Crippen LogP contribution in [0.4, 0.5) is 0 Å². The van der Waals surface area contributed by atoms with Gasteiger partial charge in [-0.15, -0.1) is 0 Å². The van der Waals surface area contributed by atoms with Crippen molar-refractivity contribution in [3.8, 4) is 17.7 Å². The van der Waals surface area contributed by atoms with Crippen LogP contribution in [0.2, 0.25) is 5.15 Å². The highest BCUT2D eigenvalue weighted by atomic mass is 79.9. The van der Waals surface area contributed by atoms with Crippen molar-refractivity contribution in [3.05, 3.63) is 45.8 Å². The molecule has 17 heavy (non-hydrogen) atoms. The molecule has 0 saturated carbocycles. The van der Waals surface area contributed by atoms with Crippen LogP contribution in [0.5, 0.6) is 11.6 Å². The summed E-state index contributed by atoms with van der Waals surface area (Å²) < 4.78 is 5.96. The molecule has 0 N–H and O–H groups in total. The van der Waals surface area contributed by atoms with Gasteiger partial charge in [-0.1, -0.05) is 23.7 Å². The third kappa shape index (κ3) is 2.54. The Morgan fingerprint density at radius 2 is 2.06 bits per heavy atom. The van der Waals surface area contributed by atoms with E-state index in [2.05, 4.69) is 25.9 Å². The van der Waals surface area contributed by atoms with E-state index in [1.165, 1.54) is 6.33 Å². The van der Waals surface area contributed by atoms with Gasteiger partial charge >= 0.3 is 0 Å². The third-order valence-electron chi connectivity index (χ3n) is 1.93. The maximum atomic E-state index is 8.92. The lowest BCUT2D eigenvalue weighted by Gasteiger charge is -2.07. The van der Waals surface area contributed by atoms with Gasteiger partial charge in [0.2, 0.25) is 5.88 Å². The Hall–Kier alpha value is -1.64. The highest BCUT2D eigenvalue weighted by Crippen LogP contribution is 2.32. The van der Waals surface area contributed by atoms with Crippen molar-refractivity contribution >= 4 is 27.5 Å². The quantitative estimate of drug-likeness (QED) is 0.796. The SMILES string of the molecule is N#Cc1ccccc1Oc1ncnc(Cl)c1Br. The first-order valence-electron chi connectivity index (χ1n) is 4.55. The van der Waals surface area contributed by atoms with Crippen LogP contribution in [-0.2, 0) is 0 Å². The van der Waals surface area contributed by atoms with E-state index in [4.69, 9.17) is 21.6 Å². The molecule has 0 atom stereocenters. The van der Waals surface area contributed by atoms with Crippen LogP contribution >= 0.6 is 27.5 Å². The van der Waals surface area contributed by atoms with Crippen LogP contribution in [0.15, 0.2) is 35.1 Å². The highest BCUT2D eigenvalue weighted by Gasteiger charge is 2.11. The molecule has 4 nitrogen and oxygen atoms in total. The molecule has 6 heteroatoms. The van der Waals surface area contributed by atoms with Crippen LogP contribution in [0, 0.1) is 11.3 Å². The Morgan fingerprint density at radius 3 is 2.82 bits per heavy atom. The predicted molar refractivity (Wildman–Crippen MR) is 66.0 cm³/mol. The minimum atomic E-state index is 0.254. The molecule has 1 aromatic carbocycles. The molecule has 84 valence electrons. The van der Waals surface area contributed by atoms with Gasteiger partial charge in [-0.25, -0.2) is 9.97 Å². The zero-order valence-corrected chi connectivity index (χ0v) is 10.7. The Balaban J connectivity index is 2.39. The van der Waals surface area contributed by atoms with Gasteiger partial charge in [0, 0.05) is 0 Å². The van der Waals surface area contributed by atoms with Gasteiger partial charge in [-0.2, -0.15) is 5.26 Å². The number of halogens is 2. The van der Waals surface area contributed by atoms with Gasteiger partial charge in [0.05, 0.1) is 5.56 Å². The first-order valence-corrected chi connectivity index (χ1v) is 5.72. The maximum Gasteiger partial charge on any atom is 0.238 e. The molecule has 0 aliphatic rings. The average Bonchev–Trinajstić information content (AvgIpc) is 2.35. The number of nitrogens with zero attached hydrogens (tertiary/aromatic N) is 3. The van der Waals surface area contributed by atoms with Crippen molar-refractivity contribution in [2.24, 2.45) is 0 Å². The second-order valence-corrected chi connectivity index (χ2v) is 4.14. The number of aromatic nitrogens is 2. The fourth-order valence-electron chi connectivity index (χ4n) is 1.16. The summed E-state index contributed by atoms with van der Waals surface area (Å²) in [6.45, 7) is 0. The molecule has 0 radical (unpaired) electrons. The first kappa shape index (κ1) is 11.8. The summed E-state index contributed by atoms with van der Waals surface area (Å²) in [7, 11) is 0. The molecule has 0 bridgehead atoms. The molecule has 2 rings (SSSR count). The van der Waals surface area contributed by atoms with E-state index in [9.17, 15) is 0 Å². The molecule has 0 fully saturated rings. The largest absolute Gasteiger partial charge is 0.436 e. The van der Waals surface area contributed by atoms with E-state index in [0.29, 0.717) is 15.8 Å². The Kier molecular flexibility index (Phi) is 3.57. The molecule has 0 aliphatic carbocycles. The topological polar surface area (TPSA) is 58.8 Å². The number of hydrogen-bond donors (Lipinski definition) is 0. The Bertz CT molecular complexity index is 598. The molecular formula is C11H5BrClN3O. The maximum absolute atomic E-state index is 8.92. The summed E-state index contributed by atoms with van der Waals surface area (Å²) in [6, 6.07) is 8.90. The lowest BCUT2D eigenvalue weighted by Crippen LogP contribution is -1.93. The predicted octanol–water partition coefficient (Wildman–Crippen LogP) is 3.56. The molecule has 0 aliphatic heterocycles. The van der Waals surface area contributed by atoms with E-state index < -0.39 is 0 Å². The van der Waals surface area contributed by atoms with E-state index >= 15 is 0 Å². The van der Waals surface area contributed by atoms with Gasteiger partial charge in [0.15, 0.2) is 5.15 Å². The van der Waals surface area contributed by atoms with Crippen LogP contribution in [0.25, 0.3) is 0 Å². The summed E-state index contributed by atoms with van der Waals surface area (Å²) in [4.78, 5) is 7.72. The molecular weight excluding hydrogens is 305 g/mol. The molecule has 2 aromatic rings. The smallest absolute Gasteiger partial charge is 0.238 e. The highest BCUT2D eigenvalue weighted by molar-refractivity contribution is 9.10. The Labute approximate surface area is 111 Å². The van der Waals surface area contributed by atoms with Crippen LogP contribution in [0.1, 0.15) is 5.56 Å². The molecule has 0 saturated heterocycles. The molecule has 0 unspecified atom stereocenters. The fourth-order valence-corrected chi connectivity index (χ4v) is 1.57. The number of nitriles is 1. The second kappa shape index (κ2) is 5.13. The summed E-state index contributed by atoms with van der Waals surface area (Å²) in [5.74, 6) is 0.693. The van der Waals surface area contributed by atoms with Crippen molar-refractivity contribution in [2.75, 3.05) is 0 Å². The molecule has 1 heterocycles. The van der Waals surface area contributed by atoms with Gasteiger partial charge < -0.3 is 4.74 Å².